The molecule has 0 aromatic heterocycles. The number of anilines is 1. The highest BCUT2D eigenvalue weighted by Gasteiger charge is 2.40. The van der Waals surface area contributed by atoms with Gasteiger partial charge in [0.2, 0.25) is 0 Å². The molecule has 1 fully saturated rings. The number of esters is 1. The van der Waals surface area contributed by atoms with Gasteiger partial charge in [-0.05, 0) is 87.6 Å². The number of hydrogen-bond acceptors (Lipinski definition) is 6. The van der Waals surface area contributed by atoms with Crippen LogP contribution < -0.4 is 20.2 Å². The number of aryl methyl sites for hydroxylation is 1. The molecule has 8 heteroatoms. The molecule has 1 aliphatic heterocycles. The summed E-state index contributed by atoms with van der Waals surface area (Å²) in [6.45, 7) is 3.98. The molecule has 1 saturated carbocycles. The minimum absolute atomic E-state index is 0.146. The first-order chi connectivity index (χ1) is 16.5. The fourth-order valence-corrected chi connectivity index (χ4v) is 4.67. The van der Waals surface area contributed by atoms with Gasteiger partial charge in [0.25, 0.3) is 0 Å². The maximum Gasteiger partial charge on any atom is 0.344 e. The first-order valence-corrected chi connectivity index (χ1v) is 12.2. The minimum atomic E-state index is -0.402. The summed E-state index contributed by atoms with van der Waals surface area (Å²) in [4.78, 5) is 11.7. The van der Waals surface area contributed by atoms with Gasteiger partial charge in [0.05, 0.1) is 12.3 Å². The van der Waals surface area contributed by atoms with Crippen LogP contribution in [0.3, 0.4) is 0 Å². The Bertz CT molecular complexity index is 1080. The quantitative estimate of drug-likeness (QED) is 0.337. The molecule has 2 aromatic carbocycles. The lowest BCUT2D eigenvalue weighted by Crippen LogP contribution is -2.44. The molecule has 0 saturated heterocycles. The molecule has 1 spiro atoms. The van der Waals surface area contributed by atoms with E-state index in [9.17, 15) is 4.79 Å². The van der Waals surface area contributed by atoms with Crippen molar-refractivity contribution in [1.29, 1.82) is 0 Å². The summed E-state index contributed by atoms with van der Waals surface area (Å²) in [5.74, 6) is 0.929. The van der Waals surface area contributed by atoms with E-state index in [1.54, 1.807) is 6.92 Å². The normalized spacial score (nSPS) is 17.4. The van der Waals surface area contributed by atoms with Crippen molar-refractivity contribution in [2.45, 2.75) is 58.0 Å². The molecule has 0 unspecified atom stereocenters. The molecule has 7 nitrogen and oxygen atoms in total. The Hall–Kier alpha value is -3.13. The lowest BCUT2D eigenvalue weighted by atomic mass is 9.78. The fraction of sp³-hybridized carbons (Fsp3) is 0.423. The van der Waals surface area contributed by atoms with Crippen molar-refractivity contribution in [3.05, 3.63) is 53.6 Å². The summed E-state index contributed by atoms with van der Waals surface area (Å²) in [6.07, 6.45) is 6.19. The van der Waals surface area contributed by atoms with Gasteiger partial charge in [-0.3, -0.25) is 5.43 Å². The number of hydrazone groups is 1. The summed E-state index contributed by atoms with van der Waals surface area (Å²) in [5.41, 5.74) is 6.51. The maximum absolute atomic E-state index is 11.7. The van der Waals surface area contributed by atoms with E-state index in [0.29, 0.717) is 23.9 Å². The number of rotatable bonds is 6. The lowest BCUT2D eigenvalue weighted by Gasteiger charge is -2.41. The van der Waals surface area contributed by atoms with Crippen molar-refractivity contribution in [3.63, 3.8) is 0 Å². The summed E-state index contributed by atoms with van der Waals surface area (Å²) < 4.78 is 17.1. The highest BCUT2D eigenvalue weighted by molar-refractivity contribution is 7.80. The zero-order chi connectivity index (χ0) is 24.0. The second kappa shape index (κ2) is 10.9. The summed E-state index contributed by atoms with van der Waals surface area (Å²) in [6, 6.07) is 13.6. The van der Waals surface area contributed by atoms with E-state index in [0.717, 1.165) is 54.0 Å². The Morgan fingerprint density at radius 1 is 1.18 bits per heavy atom. The van der Waals surface area contributed by atoms with Crippen LogP contribution in [0.25, 0.3) is 0 Å². The number of nitrogens with zero attached hydrogens (tertiary/aromatic N) is 1. The van der Waals surface area contributed by atoms with Crippen LogP contribution in [0.15, 0.2) is 47.6 Å². The van der Waals surface area contributed by atoms with E-state index in [2.05, 4.69) is 10.7 Å². The molecule has 4 rings (SSSR count). The number of hydrogen-bond donors (Lipinski definition) is 2. The van der Waals surface area contributed by atoms with Gasteiger partial charge >= 0.3 is 5.97 Å². The Morgan fingerprint density at radius 3 is 2.76 bits per heavy atom. The van der Waals surface area contributed by atoms with Crippen LogP contribution in [0.2, 0.25) is 0 Å². The molecule has 1 aliphatic carbocycles. The van der Waals surface area contributed by atoms with E-state index in [1.807, 2.05) is 49.4 Å². The molecule has 0 atom stereocenters. The van der Waals surface area contributed by atoms with Crippen molar-refractivity contribution >= 4 is 34.7 Å². The zero-order valence-corrected chi connectivity index (χ0v) is 20.5. The molecule has 2 aromatic rings. The van der Waals surface area contributed by atoms with Crippen LogP contribution in [0, 0.1) is 6.92 Å². The molecular formula is C26H31N3O4S. The largest absolute Gasteiger partial charge is 0.486 e. The Morgan fingerprint density at radius 2 is 2.00 bits per heavy atom. The third-order valence-electron chi connectivity index (χ3n) is 6.07. The monoisotopic (exact) mass is 481 g/mol. The summed E-state index contributed by atoms with van der Waals surface area (Å²) >= 11 is 5.48. The van der Waals surface area contributed by atoms with Gasteiger partial charge in [0.15, 0.2) is 11.7 Å². The van der Waals surface area contributed by atoms with Crippen LogP contribution in [0.1, 0.15) is 56.6 Å². The van der Waals surface area contributed by atoms with Gasteiger partial charge in [-0.2, -0.15) is 5.10 Å². The second-order valence-electron chi connectivity index (χ2n) is 8.77. The topological polar surface area (TPSA) is 81.2 Å². The molecule has 1 heterocycles. The summed E-state index contributed by atoms with van der Waals surface area (Å²) in [7, 11) is 0. The number of fused-ring (bicyclic) bond motifs is 1. The van der Waals surface area contributed by atoms with Gasteiger partial charge in [-0.15, -0.1) is 0 Å². The highest BCUT2D eigenvalue weighted by Crippen LogP contribution is 2.43. The molecule has 0 radical (unpaired) electrons. The van der Waals surface area contributed by atoms with Gasteiger partial charge in [-0.1, -0.05) is 18.6 Å². The van der Waals surface area contributed by atoms with Crippen molar-refractivity contribution in [3.8, 4) is 11.5 Å². The molecular weight excluding hydrogens is 450 g/mol. The number of carbonyl (C=O) groups is 1. The predicted octanol–water partition coefficient (Wildman–Crippen LogP) is 5.11. The first kappa shape index (κ1) is 24.0. The van der Waals surface area contributed by atoms with E-state index >= 15 is 0 Å². The van der Waals surface area contributed by atoms with Gasteiger partial charge in [0.1, 0.15) is 17.1 Å². The average Bonchev–Trinajstić information content (AvgIpc) is 2.82. The maximum atomic E-state index is 11.7. The minimum Gasteiger partial charge on any atom is -0.486 e. The molecule has 0 bridgehead atoms. The summed E-state index contributed by atoms with van der Waals surface area (Å²) in [5, 5.41) is 8.29. The average molecular weight is 482 g/mol. The Kier molecular flexibility index (Phi) is 7.67. The highest BCUT2D eigenvalue weighted by atomic mass is 32.1. The van der Waals surface area contributed by atoms with E-state index < -0.39 is 5.97 Å². The second-order valence-corrected chi connectivity index (χ2v) is 9.18. The number of benzene rings is 2. The Balaban J connectivity index is 1.54. The zero-order valence-electron chi connectivity index (χ0n) is 19.7. The smallest absolute Gasteiger partial charge is 0.344 e. The molecule has 180 valence electrons. The van der Waals surface area contributed by atoms with Crippen LogP contribution in [-0.4, -0.2) is 35.6 Å². The third-order valence-corrected chi connectivity index (χ3v) is 6.27. The number of nitrogens with one attached hydrogen (secondary N) is 2. The number of ether oxygens (including phenoxy) is 3. The lowest BCUT2D eigenvalue weighted by molar-refractivity contribution is -0.145. The van der Waals surface area contributed by atoms with Gasteiger partial charge in [-0.25, -0.2) is 4.79 Å². The van der Waals surface area contributed by atoms with Gasteiger partial charge in [0, 0.05) is 17.7 Å². The number of carbonyl (C=O) groups excluding carboxylic acids is 1. The third kappa shape index (κ3) is 6.05. The van der Waals surface area contributed by atoms with E-state index in [-0.39, 0.29) is 12.2 Å². The Labute approximate surface area is 205 Å². The first-order valence-electron chi connectivity index (χ1n) is 11.8. The van der Waals surface area contributed by atoms with E-state index in [4.69, 9.17) is 31.5 Å². The molecule has 34 heavy (non-hydrogen) atoms. The van der Waals surface area contributed by atoms with Crippen LogP contribution in [0.5, 0.6) is 11.5 Å². The van der Waals surface area contributed by atoms with Crippen LogP contribution in [0.4, 0.5) is 5.69 Å². The van der Waals surface area contributed by atoms with Crippen molar-refractivity contribution in [1.82, 2.24) is 5.43 Å². The SMILES string of the molecule is CCOC(=O)COc1ccc2c(c1)/C(=N\NC(=S)Nc1cccc(C)c1)CC1(CCCCC1)O2. The van der Waals surface area contributed by atoms with Crippen molar-refractivity contribution < 1.29 is 19.0 Å². The standard InChI is InChI=1S/C26H31N3O4S/c1-3-31-24(30)17-32-20-10-11-23-21(15-20)22(16-26(33-23)12-5-4-6-13-26)28-29-25(34)27-19-9-7-8-18(2)14-19/h7-11,14-15H,3-6,12-13,16-17H2,1-2H3,(H2,27,29,34)/b28-22-. The predicted molar refractivity (Wildman–Crippen MR) is 137 cm³/mol. The van der Waals surface area contributed by atoms with Crippen molar-refractivity contribution in [2.24, 2.45) is 5.10 Å². The van der Waals surface area contributed by atoms with Crippen LogP contribution in [-0.2, 0) is 9.53 Å². The van der Waals surface area contributed by atoms with Crippen molar-refractivity contribution in [2.75, 3.05) is 18.5 Å². The molecule has 0 amide bonds. The molecule has 2 aliphatic rings. The number of thiocarbonyl (C=S) groups is 1. The fourth-order valence-electron chi connectivity index (χ4n) is 4.50. The van der Waals surface area contributed by atoms with E-state index in [1.165, 1.54) is 6.42 Å². The van der Waals surface area contributed by atoms with Gasteiger partial charge < -0.3 is 19.5 Å². The van der Waals surface area contributed by atoms with Crippen LogP contribution >= 0.6 is 12.2 Å². The molecule has 2 N–H and O–H groups in total.